The molecule has 356 valence electrons. The monoisotopic (exact) mass is 849 g/mol. The largest absolute Gasteiger partial charge is 0.462 e. The molecule has 0 rings (SSSR count). The molecule has 0 saturated heterocycles. The third kappa shape index (κ3) is 47.5. The summed E-state index contributed by atoms with van der Waals surface area (Å²) in [6.45, 7) is 13.7. The number of rotatable bonds is 47. The molecule has 0 bridgehead atoms. The van der Waals surface area contributed by atoms with Crippen LogP contribution in [0.15, 0.2) is 0 Å². The summed E-state index contributed by atoms with van der Waals surface area (Å²) in [6, 6.07) is 0. The molecule has 0 fully saturated rings. The van der Waals surface area contributed by atoms with E-state index in [2.05, 4.69) is 41.5 Å². The number of hydrogen-bond donors (Lipinski definition) is 0. The number of esters is 3. The second-order valence-corrected chi connectivity index (χ2v) is 19.9. The molecule has 6 heteroatoms. The van der Waals surface area contributed by atoms with Crippen LogP contribution in [0.3, 0.4) is 0 Å². The maximum Gasteiger partial charge on any atom is 0.306 e. The normalized spacial score (nSPS) is 12.2. The molecule has 0 spiro atoms. The second-order valence-electron chi connectivity index (χ2n) is 19.9. The topological polar surface area (TPSA) is 78.9 Å². The summed E-state index contributed by atoms with van der Waals surface area (Å²) in [5, 5.41) is 0. The molecule has 6 nitrogen and oxygen atoms in total. The molecular weight excluding hydrogens is 745 g/mol. The summed E-state index contributed by atoms with van der Waals surface area (Å²) in [7, 11) is 0. The SMILES string of the molecule is CC(C)CCCCCCCCCCCCCCCC(=O)O[C@@H](COC(=O)CCCCCCCCCCCCCC(C)C)COC(=O)CCCCCCCCCCCC(C)C. The zero-order chi connectivity index (χ0) is 44.2. The Hall–Kier alpha value is -1.59. The highest BCUT2D eigenvalue weighted by atomic mass is 16.6. The lowest BCUT2D eigenvalue weighted by Crippen LogP contribution is -2.30. The summed E-state index contributed by atoms with van der Waals surface area (Å²) < 4.78 is 16.8. The van der Waals surface area contributed by atoms with Gasteiger partial charge in [-0.05, 0) is 37.0 Å². The number of hydrogen-bond acceptors (Lipinski definition) is 6. The van der Waals surface area contributed by atoms with Crippen molar-refractivity contribution in [3.05, 3.63) is 0 Å². The van der Waals surface area contributed by atoms with E-state index in [1.165, 1.54) is 173 Å². The van der Waals surface area contributed by atoms with Gasteiger partial charge in [0.05, 0.1) is 0 Å². The van der Waals surface area contributed by atoms with Crippen LogP contribution in [0, 0.1) is 17.8 Å². The van der Waals surface area contributed by atoms with E-state index in [1.807, 2.05) is 0 Å². The minimum absolute atomic E-state index is 0.0646. The van der Waals surface area contributed by atoms with Crippen molar-refractivity contribution in [1.29, 1.82) is 0 Å². The van der Waals surface area contributed by atoms with Gasteiger partial charge in [0, 0.05) is 19.3 Å². The Labute approximate surface area is 374 Å². The molecule has 0 heterocycles. The minimum Gasteiger partial charge on any atom is -0.462 e. The average molecular weight is 849 g/mol. The molecule has 60 heavy (non-hydrogen) atoms. The standard InChI is InChI=1S/C54H104O6/c1-48(2)40-34-28-22-16-11-8-7-9-13-20-27-33-39-45-54(57)60-51(47-59-53(56)44-38-32-26-21-15-18-24-30-36-42-50(5)6)46-58-52(55)43-37-31-25-19-14-10-12-17-23-29-35-41-49(3)4/h48-51H,7-47H2,1-6H3/t51-/m0/s1. The van der Waals surface area contributed by atoms with Crippen LogP contribution in [-0.2, 0) is 28.6 Å². The van der Waals surface area contributed by atoms with Gasteiger partial charge in [0.15, 0.2) is 6.10 Å². The molecule has 0 aliphatic rings. The first-order valence-electron chi connectivity index (χ1n) is 26.6. The molecule has 0 aromatic heterocycles. The van der Waals surface area contributed by atoms with Crippen LogP contribution in [-0.4, -0.2) is 37.2 Å². The van der Waals surface area contributed by atoms with Crippen LogP contribution in [0.5, 0.6) is 0 Å². The van der Waals surface area contributed by atoms with Gasteiger partial charge in [0.1, 0.15) is 13.2 Å². The van der Waals surface area contributed by atoms with Crippen molar-refractivity contribution in [2.45, 2.75) is 298 Å². The summed E-state index contributed by atoms with van der Waals surface area (Å²) in [5.41, 5.74) is 0. The number of carbonyl (C=O) groups is 3. The fourth-order valence-corrected chi connectivity index (χ4v) is 8.12. The first-order chi connectivity index (χ1) is 29.1. The lowest BCUT2D eigenvalue weighted by molar-refractivity contribution is -0.167. The molecule has 0 aliphatic carbocycles. The van der Waals surface area contributed by atoms with E-state index in [4.69, 9.17) is 14.2 Å². The van der Waals surface area contributed by atoms with Crippen LogP contribution >= 0.6 is 0 Å². The highest BCUT2D eigenvalue weighted by Crippen LogP contribution is 2.18. The lowest BCUT2D eigenvalue weighted by atomic mass is 10.0. The quantitative estimate of drug-likeness (QED) is 0.0345. The summed E-state index contributed by atoms with van der Waals surface area (Å²) >= 11 is 0. The van der Waals surface area contributed by atoms with Crippen LogP contribution in [0.4, 0.5) is 0 Å². The van der Waals surface area contributed by atoms with E-state index >= 15 is 0 Å². The van der Waals surface area contributed by atoms with Gasteiger partial charge in [-0.3, -0.25) is 14.4 Å². The summed E-state index contributed by atoms with van der Waals surface area (Å²) in [6.07, 6.45) is 45.2. The molecular formula is C54H104O6. The third-order valence-electron chi connectivity index (χ3n) is 12.1. The van der Waals surface area contributed by atoms with Gasteiger partial charge in [-0.2, -0.15) is 0 Å². The minimum atomic E-state index is -0.763. The second kappa shape index (κ2) is 45.4. The smallest absolute Gasteiger partial charge is 0.306 e. The number of carbonyl (C=O) groups excluding carboxylic acids is 3. The van der Waals surface area contributed by atoms with Crippen LogP contribution in [0.25, 0.3) is 0 Å². The van der Waals surface area contributed by atoms with Crippen molar-refractivity contribution in [2.24, 2.45) is 17.8 Å². The predicted molar refractivity (Wildman–Crippen MR) is 256 cm³/mol. The van der Waals surface area contributed by atoms with E-state index in [1.54, 1.807) is 0 Å². The number of ether oxygens (including phenoxy) is 3. The highest BCUT2D eigenvalue weighted by Gasteiger charge is 2.19. The van der Waals surface area contributed by atoms with E-state index in [-0.39, 0.29) is 31.1 Å². The zero-order valence-corrected chi connectivity index (χ0v) is 41.3. The predicted octanol–water partition coefficient (Wildman–Crippen LogP) is 17.2. The molecule has 1 atom stereocenters. The van der Waals surface area contributed by atoms with Crippen molar-refractivity contribution in [3.63, 3.8) is 0 Å². The van der Waals surface area contributed by atoms with Crippen molar-refractivity contribution in [1.82, 2.24) is 0 Å². The third-order valence-corrected chi connectivity index (χ3v) is 12.1. The lowest BCUT2D eigenvalue weighted by Gasteiger charge is -2.18. The first-order valence-corrected chi connectivity index (χ1v) is 26.6. The maximum absolute atomic E-state index is 12.8. The van der Waals surface area contributed by atoms with E-state index in [9.17, 15) is 14.4 Å². The number of unbranched alkanes of at least 4 members (excludes halogenated alkanes) is 30. The fraction of sp³-hybridized carbons (Fsp3) is 0.944. The zero-order valence-electron chi connectivity index (χ0n) is 41.3. The van der Waals surface area contributed by atoms with Gasteiger partial charge in [-0.25, -0.2) is 0 Å². The van der Waals surface area contributed by atoms with Gasteiger partial charge >= 0.3 is 17.9 Å². The van der Waals surface area contributed by atoms with E-state index in [0.29, 0.717) is 19.3 Å². The highest BCUT2D eigenvalue weighted by molar-refractivity contribution is 5.71. The molecule has 0 amide bonds. The van der Waals surface area contributed by atoms with Gasteiger partial charge < -0.3 is 14.2 Å². The molecule has 0 N–H and O–H groups in total. The Kier molecular flexibility index (Phi) is 44.2. The average Bonchev–Trinajstić information content (AvgIpc) is 3.20. The molecule has 0 saturated carbocycles. The fourth-order valence-electron chi connectivity index (χ4n) is 8.12. The van der Waals surface area contributed by atoms with Gasteiger partial charge in [-0.15, -0.1) is 0 Å². The van der Waals surface area contributed by atoms with Crippen molar-refractivity contribution in [3.8, 4) is 0 Å². The summed E-state index contributed by atoms with van der Waals surface area (Å²) in [4.78, 5) is 38.0. The Balaban J connectivity index is 4.32. The van der Waals surface area contributed by atoms with Gasteiger partial charge in [-0.1, -0.05) is 253 Å². The molecule has 0 radical (unpaired) electrons. The Morgan fingerprint density at radius 3 is 0.717 bits per heavy atom. The maximum atomic E-state index is 12.8. The Morgan fingerprint density at radius 1 is 0.283 bits per heavy atom. The van der Waals surface area contributed by atoms with Crippen molar-refractivity contribution < 1.29 is 28.6 Å². The molecule has 0 aromatic rings. The van der Waals surface area contributed by atoms with Crippen LogP contribution in [0.1, 0.15) is 292 Å². The van der Waals surface area contributed by atoms with Gasteiger partial charge in [0.25, 0.3) is 0 Å². The summed E-state index contributed by atoms with van der Waals surface area (Å²) in [5.74, 6) is 1.62. The van der Waals surface area contributed by atoms with Crippen molar-refractivity contribution in [2.75, 3.05) is 13.2 Å². The molecule has 0 aromatic carbocycles. The molecule has 0 aliphatic heterocycles. The Bertz CT molecular complexity index is 929. The first kappa shape index (κ1) is 58.4. The molecule has 0 unspecified atom stereocenters. The van der Waals surface area contributed by atoms with E-state index in [0.717, 1.165) is 75.5 Å². The van der Waals surface area contributed by atoms with Crippen molar-refractivity contribution >= 4 is 17.9 Å². The van der Waals surface area contributed by atoms with Gasteiger partial charge in [0.2, 0.25) is 0 Å². The van der Waals surface area contributed by atoms with Crippen LogP contribution in [0.2, 0.25) is 0 Å². The van der Waals surface area contributed by atoms with Crippen LogP contribution < -0.4 is 0 Å². The Morgan fingerprint density at radius 2 is 0.483 bits per heavy atom. The van der Waals surface area contributed by atoms with E-state index < -0.39 is 6.10 Å².